The zero-order chi connectivity index (χ0) is 19.8. The fourth-order valence-electron chi connectivity index (χ4n) is 2.53. The van der Waals surface area contributed by atoms with Crippen molar-refractivity contribution in [2.24, 2.45) is 0 Å². The van der Waals surface area contributed by atoms with E-state index in [2.05, 4.69) is 15.3 Å². The average molecular weight is 387 g/mol. The molecule has 2 aromatic carbocycles. The molecule has 0 amide bonds. The van der Waals surface area contributed by atoms with Crippen molar-refractivity contribution in [3.63, 3.8) is 0 Å². The SMILES string of the molecule is COCCOc1cc2ncnc(Nc3ccc(F)cc3)c2cc1OCCOC. The van der Waals surface area contributed by atoms with Crippen molar-refractivity contribution in [2.45, 2.75) is 0 Å². The molecule has 1 aromatic heterocycles. The molecule has 8 heteroatoms. The van der Waals surface area contributed by atoms with Gasteiger partial charge in [-0.15, -0.1) is 0 Å². The van der Waals surface area contributed by atoms with Gasteiger partial charge in [-0.2, -0.15) is 0 Å². The van der Waals surface area contributed by atoms with Crippen molar-refractivity contribution in [1.29, 1.82) is 0 Å². The molecule has 148 valence electrons. The van der Waals surface area contributed by atoms with E-state index in [1.165, 1.54) is 18.5 Å². The maximum Gasteiger partial charge on any atom is 0.163 e. The second-order valence-electron chi connectivity index (χ2n) is 5.85. The quantitative estimate of drug-likeness (QED) is 0.533. The Labute approximate surface area is 162 Å². The summed E-state index contributed by atoms with van der Waals surface area (Å²) < 4.78 is 34.8. The summed E-state index contributed by atoms with van der Waals surface area (Å²) in [5.74, 6) is 1.39. The van der Waals surface area contributed by atoms with Gasteiger partial charge in [-0.3, -0.25) is 0 Å². The van der Waals surface area contributed by atoms with E-state index in [0.717, 1.165) is 5.39 Å². The lowest BCUT2D eigenvalue weighted by molar-refractivity contribution is 0.132. The van der Waals surface area contributed by atoms with E-state index in [9.17, 15) is 4.39 Å². The van der Waals surface area contributed by atoms with Gasteiger partial charge in [-0.25, -0.2) is 14.4 Å². The molecule has 0 atom stereocenters. The summed E-state index contributed by atoms with van der Waals surface area (Å²) in [6, 6.07) is 9.66. The van der Waals surface area contributed by atoms with Crippen LogP contribution in [-0.4, -0.2) is 50.6 Å². The predicted molar refractivity (Wildman–Crippen MR) is 104 cm³/mol. The fourth-order valence-corrected chi connectivity index (χ4v) is 2.53. The molecule has 0 radical (unpaired) electrons. The smallest absolute Gasteiger partial charge is 0.163 e. The molecule has 3 rings (SSSR count). The molecule has 1 heterocycles. The van der Waals surface area contributed by atoms with E-state index >= 15 is 0 Å². The lowest BCUT2D eigenvalue weighted by Crippen LogP contribution is -2.09. The standard InChI is InChI=1S/C20H22FN3O4/c1-25-7-9-27-18-11-16-17(12-19(18)28-10-8-26-2)22-13-23-20(16)24-15-5-3-14(21)4-6-15/h3-6,11-13H,7-10H2,1-2H3,(H,22,23,24). The maximum atomic E-state index is 13.1. The van der Waals surface area contributed by atoms with Crippen molar-refractivity contribution in [3.05, 3.63) is 48.5 Å². The van der Waals surface area contributed by atoms with Crippen LogP contribution in [0.4, 0.5) is 15.9 Å². The molecule has 3 aromatic rings. The molecule has 0 spiro atoms. The molecule has 0 aliphatic heterocycles. The van der Waals surface area contributed by atoms with Gasteiger partial charge in [-0.05, 0) is 30.3 Å². The Morgan fingerprint density at radius 1 is 0.857 bits per heavy atom. The Kier molecular flexibility index (Phi) is 6.94. The molecule has 28 heavy (non-hydrogen) atoms. The predicted octanol–water partition coefficient (Wildman–Crippen LogP) is 3.56. The molecular formula is C20H22FN3O4. The van der Waals surface area contributed by atoms with Crippen LogP contribution in [0.5, 0.6) is 11.5 Å². The van der Waals surface area contributed by atoms with Crippen LogP contribution in [0.2, 0.25) is 0 Å². The van der Waals surface area contributed by atoms with Crippen molar-refractivity contribution >= 4 is 22.4 Å². The summed E-state index contributed by atoms with van der Waals surface area (Å²) in [5.41, 5.74) is 1.40. The first-order valence-corrected chi connectivity index (χ1v) is 8.76. The van der Waals surface area contributed by atoms with E-state index in [1.807, 2.05) is 6.07 Å². The number of aromatic nitrogens is 2. The number of hydrogen-bond acceptors (Lipinski definition) is 7. The van der Waals surface area contributed by atoms with Gasteiger partial charge >= 0.3 is 0 Å². The number of benzene rings is 2. The van der Waals surface area contributed by atoms with Crippen LogP contribution in [0.15, 0.2) is 42.7 Å². The highest BCUT2D eigenvalue weighted by Crippen LogP contribution is 2.35. The van der Waals surface area contributed by atoms with Crippen LogP contribution in [0.25, 0.3) is 10.9 Å². The number of nitrogens with zero attached hydrogens (tertiary/aromatic N) is 2. The molecule has 0 aliphatic rings. The third kappa shape index (κ3) is 5.05. The zero-order valence-electron chi connectivity index (χ0n) is 15.8. The molecule has 1 N–H and O–H groups in total. The number of halogens is 1. The van der Waals surface area contributed by atoms with Crippen molar-refractivity contribution in [3.8, 4) is 11.5 Å². The van der Waals surface area contributed by atoms with Gasteiger partial charge in [0.25, 0.3) is 0 Å². The van der Waals surface area contributed by atoms with Gasteiger partial charge in [0.2, 0.25) is 0 Å². The third-order valence-electron chi connectivity index (χ3n) is 3.90. The Morgan fingerprint density at radius 2 is 1.50 bits per heavy atom. The highest BCUT2D eigenvalue weighted by atomic mass is 19.1. The van der Waals surface area contributed by atoms with E-state index in [-0.39, 0.29) is 5.82 Å². The first kappa shape index (κ1) is 19.8. The van der Waals surface area contributed by atoms with Gasteiger partial charge in [0.1, 0.15) is 31.2 Å². The zero-order valence-corrected chi connectivity index (χ0v) is 15.8. The van der Waals surface area contributed by atoms with Gasteiger partial charge < -0.3 is 24.3 Å². The van der Waals surface area contributed by atoms with Crippen LogP contribution < -0.4 is 14.8 Å². The number of hydrogen-bond donors (Lipinski definition) is 1. The van der Waals surface area contributed by atoms with Crippen LogP contribution in [-0.2, 0) is 9.47 Å². The number of nitrogens with one attached hydrogen (secondary N) is 1. The van der Waals surface area contributed by atoms with E-state index < -0.39 is 0 Å². The van der Waals surface area contributed by atoms with Crippen LogP contribution in [0.3, 0.4) is 0 Å². The minimum absolute atomic E-state index is 0.301. The summed E-state index contributed by atoms with van der Waals surface area (Å²) in [7, 11) is 3.22. The molecule has 0 unspecified atom stereocenters. The monoisotopic (exact) mass is 387 g/mol. The number of fused-ring (bicyclic) bond motifs is 1. The largest absolute Gasteiger partial charge is 0.487 e. The molecule has 7 nitrogen and oxygen atoms in total. The first-order chi connectivity index (χ1) is 13.7. The summed E-state index contributed by atoms with van der Waals surface area (Å²) in [6.45, 7) is 1.66. The molecular weight excluding hydrogens is 365 g/mol. The number of anilines is 2. The Balaban J connectivity index is 1.94. The normalized spacial score (nSPS) is 10.8. The summed E-state index contributed by atoms with van der Waals surface area (Å²) in [5, 5.41) is 3.93. The first-order valence-electron chi connectivity index (χ1n) is 8.76. The fraction of sp³-hybridized carbons (Fsp3) is 0.300. The molecule has 0 aliphatic carbocycles. The van der Waals surface area contributed by atoms with E-state index in [4.69, 9.17) is 18.9 Å². The summed E-state index contributed by atoms with van der Waals surface area (Å²) >= 11 is 0. The van der Waals surface area contributed by atoms with Gasteiger partial charge in [0, 0.05) is 31.4 Å². The molecule has 0 saturated carbocycles. The minimum Gasteiger partial charge on any atom is -0.487 e. The molecule has 0 saturated heterocycles. The Hall–Kier alpha value is -2.97. The van der Waals surface area contributed by atoms with E-state index in [1.54, 1.807) is 32.4 Å². The van der Waals surface area contributed by atoms with Crippen molar-refractivity contribution in [2.75, 3.05) is 46.0 Å². The second-order valence-corrected chi connectivity index (χ2v) is 5.85. The summed E-state index contributed by atoms with van der Waals surface area (Å²) in [4.78, 5) is 8.63. The topological polar surface area (TPSA) is 74.7 Å². The third-order valence-corrected chi connectivity index (χ3v) is 3.90. The average Bonchev–Trinajstić information content (AvgIpc) is 2.70. The van der Waals surface area contributed by atoms with Gasteiger partial charge in [0.15, 0.2) is 11.5 Å². The highest BCUT2D eigenvalue weighted by Gasteiger charge is 2.13. The van der Waals surface area contributed by atoms with Crippen molar-refractivity contribution in [1.82, 2.24) is 9.97 Å². The highest BCUT2D eigenvalue weighted by molar-refractivity contribution is 5.93. The van der Waals surface area contributed by atoms with Gasteiger partial charge in [0.05, 0.1) is 18.7 Å². The molecule has 0 bridgehead atoms. The number of ether oxygens (including phenoxy) is 4. The summed E-state index contributed by atoms with van der Waals surface area (Å²) in [6.07, 6.45) is 1.46. The number of methoxy groups -OCH3 is 2. The van der Waals surface area contributed by atoms with Crippen LogP contribution in [0.1, 0.15) is 0 Å². The minimum atomic E-state index is -0.301. The Bertz CT molecular complexity index is 906. The Morgan fingerprint density at radius 3 is 2.14 bits per heavy atom. The maximum absolute atomic E-state index is 13.1. The lowest BCUT2D eigenvalue weighted by Gasteiger charge is -2.15. The second kappa shape index (κ2) is 9.82. The van der Waals surface area contributed by atoms with Crippen molar-refractivity contribution < 1.29 is 23.3 Å². The number of rotatable bonds is 10. The van der Waals surface area contributed by atoms with Crippen LogP contribution >= 0.6 is 0 Å². The van der Waals surface area contributed by atoms with Crippen LogP contribution in [0, 0.1) is 5.82 Å². The van der Waals surface area contributed by atoms with Gasteiger partial charge in [-0.1, -0.05) is 0 Å². The molecule has 0 fully saturated rings. The van der Waals surface area contributed by atoms with E-state index in [0.29, 0.717) is 54.9 Å². The lowest BCUT2D eigenvalue weighted by atomic mass is 10.2.